The molecule has 1 saturated heterocycles. The second-order valence-corrected chi connectivity index (χ2v) is 5.95. The molecule has 0 bridgehead atoms. The Labute approximate surface area is 135 Å². The molecule has 5 nitrogen and oxygen atoms in total. The van der Waals surface area contributed by atoms with Crippen LogP contribution in [0.4, 0.5) is 8.78 Å². The van der Waals surface area contributed by atoms with Crippen molar-refractivity contribution in [2.45, 2.75) is 0 Å². The molecule has 0 unspecified atom stereocenters. The lowest BCUT2D eigenvalue weighted by Gasteiger charge is -2.29. The third-order valence-corrected chi connectivity index (χ3v) is 3.87. The van der Waals surface area contributed by atoms with Gasteiger partial charge in [-0.25, -0.2) is 8.78 Å². The molecule has 0 saturated carbocycles. The minimum Gasteiger partial charge on any atom is -0.339 e. The molecule has 0 aromatic heterocycles. The van der Waals surface area contributed by atoms with E-state index in [1.807, 2.05) is 0 Å². The van der Waals surface area contributed by atoms with Crippen LogP contribution in [0.5, 0.6) is 0 Å². The maximum Gasteiger partial charge on any atom is 0.260 e. The third-order valence-electron chi connectivity index (χ3n) is 3.41. The summed E-state index contributed by atoms with van der Waals surface area (Å²) in [4.78, 5) is 26.9. The molecule has 120 valence electrons. The highest BCUT2D eigenvalue weighted by atomic mass is 79.9. The standard InChI is InChI=1S/C14H16BrF2N3O2/c1-19(8-12(21)20-4-2-18-3-5-20)14(22)13-10(16)6-9(15)7-11(13)17/h6-7,18H,2-5,8H2,1H3. The third kappa shape index (κ3) is 3.80. The summed E-state index contributed by atoms with van der Waals surface area (Å²) in [5.74, 6) is -3.02. The smallest absolute Gasteiger partial charge is 0.260 e. The molecule has 1 heterocycles. The van der Waals surface area contributed by atoms with Crippen molar-refractivity contribution in [3.05, 3.63) is 33.8 Å². The Morgan fingerprint density at radius 1 is 1.27 bits per heavy atom. The molecule has 0 spiro atoms. The van der Waals surface area contributed by atoms with E-state index in [4.69, 9.17) is 0 Å². The van der Waals surface area contributed by atoms with Gasteiger partial charge in [0.15, 0.2) is 0 Å². The van der Waals surface area contributed by atoms with Crippen LogP contribution in [0.3, 0.4) is 0 Å². The van der Waals surface area contributed by atoms with Crippen LogP contribution < -0.4 is 5.32 Å². The predicted octanol–water partition coefficient (Wildman–Crippen LogP) is 1.23. The van der Waals surface area contributed by atoms with Gasteiger partial charge in [0, 0.05) is 37.7 Å². The molecule has 1 aromatic rings. The van der Waals surface area contributed by atoms with E-state index in [0.717, 1.165) is 17.0 Å². The van der Waals surface area contributed by atoms with Gasteiger partial charge < -0.3 is 15.1 Å². The molecule has 1 aliphatic rings. The summed E-state index contributed by atoms with van der Waals surface area (Å²) in [7, 11) is 1.35. The fourth-order valence-corrected chi connectivity index (χ4v) is 2.63. The topological polar surface area (TPSA) is 52.7 Å². The maximum absolute atomic E-state index is 13.8. The summed E-state index contributed by atoms with van der Waals surface area (Å²) in [6.45, 7) is 2.29. The number of halogens is 3. The van der Waals surface area contributed by atoms with Gasteiger partial charge in [-0.15, -0.1) is 0 Å². The molecule has 8 heteroatoms. The second-order valence-electron chi connectivity index (χ2n) is 5.04. The van der Waals surface area contributed by atoms with Gasteiger partial charge in [0.2, 0.25) is 5.91 Å². The Morgan fingerprint density at radius 3 is 2.36 bits per heavy atom. The highest BCUT2D eigenvalue weighted by Gasteiger charge is 2.25. The summed E-state index contributed by atoms with van der Waals surface area (Å²) < 4.78 is 27.8. The summed E-state index contributed by atoms with van der Waals surface area (Å²) >= 11 is 2.95. The number of carbonyl (C=O) groups is 2. The van der Waals surface area contributed by atoms with E-state index in [1.54, 1.807) is 4.90 Å². The van der Waals surface area contributed by atoms with E-state index in [-0.39, 0.29) is 16.9 Å². The molecular weight excluding hydrogens is 360 g/mol. The summed E-state index contributed by atoms with van der Waals surface area (Å²) in [6.07, 6.45) is 0. The van der Waals surface area contributed by atoms with E-state index in [9.17, 15) is 18.4 Å². The van der Waals surface area contributed by atoms with Crippen molar-refractivity contribution in [1.29, 1.82) is 0 Å². The SMILES string of the molecule is CN(CC(=O)N1CCNCC1)C(=O)c1c(F)cc(Br)cc1F. The van der Waals surface area contributed by atoms with Gasteiger partial charge in [0.1, 0.15) is 17.2 Å². The largest absolute Gasteiger partial charge is 0.339 e. The van der Waals surface area contributed by atoms with Crippen LogP contribution >= 0.6 is 15.9 Å². The molecule has 1 aromatic carbocycles. The number of carbonyl (C=O) groups excluding carboxylic acids is 2. The zero-order valence-corrected chi connectivity index (χ0v) is 13.6. The van der Waals surface area contributed by atoms with E-state index >= 15 is 0 Å². The number of amides is 2. The first-order chi connectivity index (χ1) is 10.4. The van der Waals surface area contributed by atoms with Gasteiger partial charge in [-0.05, 0) is 12.1 Å². The molecule has 1 fully saturated rings. The molecular formula is C14H16BrF2N3O2. The Hall–Kier alpha value is -1.54. The van der Waals surface area contributed by atoms with Gasteiger partial charge in [-0.3, -0.25) is 9.59 Å². The van der Waals surface area contributed by atoms with Crippen LogP contribution in [-0.4, -0.2) is 61.4 Å². The van der Waals surface area contributed by atoms with Gasteiger partial charge >= 0.3 is 0 Å². The fraction of sp³-hybridized carbons (Fsp3) is 0.429. The molecule has 22 heavy (non-hydrogen) atoms. The van der Waals surface area contributed by atoms with Gasteiger partial charge in [0.05, 0.1) is 6.54 Å². The lowest BCUT2D eigenvalue weighted by atomic mass is 10.1. The number of hydrogen-bond acceptors (Lipinski definition) is 3. The van der Waals surface area contributed by atoms with Crippen molar-refractivity contribution in [2.24, 2.45) is 0 Å². The first kappa shape index (κ1) is 16.8. The lowest BCUT2D eigenvalue weighted by Crippen LogP contribution is -2.49. The van der Waals surface area contributed by atoms with Crippen molar-refractivity contribution >= 4 is 27.7 Å². The van der Waals surface area contributed by atoms with Crippen LogP contribution in [0.2, 0.25) is 0 Å². The van der Waals surface area contributed by atoms with E-state index in [1.165, 1.54) is 7.05 Å². The number of likely N-dealkylation sites (N-methyl/N-ethyl adjacent to an activating group) is 1. The summed E-state index contributed by atoms with van der Waals surface area (Å²) in [5, 5.41) is 3.11. The van der Waals surface area contributed by atoms with Crippen molar-refractivity contribution in [3.63, 3.8) is 0 Å². The molecule has 0 radical (unpaired) electrons. The highest BCUT2D eigenvalue weighted by molar-refractivity contribution is 9.10. The lowest BCUT2D eigenvalue weighted by molar-refractivity contribution is -0.132. The van der Waals surface area contributed by atoms with Crippen LogP contribution in [0.15, 0.2) is 16.6 Å². The van der Waals surface area contributed by atoms with Gasteiger partial charge in [0.25, 0.3) is 5.91 Å². The van der Waals surface area contributed by atoms with Crippen LogP contribution in [-0.2, 0) is 4.79 Å². The number of benzene rings is 1. The van der Waals surface area contributed by atoms with Crippen molar-refractivity contribution in [3.8, 4) is 0 Å². The van der Waals surface area contributed by atoms with Crippen molar-refractivity contribution in [2.75, 3.05) is 39.8 Å². The van der Waals surface area contributed by atoms with Gasteiger partial charge in [-0.1, -0.05) is 15.9 Å². The summed E-state index contributed by atoms with van der Waals surface area (Å²) in [5.41, 5.74) is -0.654. The monoisotopic (exact) mass is 375 g/mol. The number of piperazine rings is 1. The average molecular weight is 376 g/mol. The second kappa shape index (κ2) is 7.15. The van der Waals surface area contributed by atoms with Crippen LogP contribution in [0.1, 0.15) is 10.4 Å². The van der Waals surface area contributed by atoms with Crippen molar-refractivity contribution < 1.29 is 18.4 Å². The number of nitrogens with one attached hydrogen (secondary N) is 1. The van der Waals surface area contributed by atoms with E-state index in [2.05, 4.69) is 21.2 Å². The molecule has 2 amide bonds. The Bertz CT molecular complexity index is 568. The predicted molar refractivity (Wildman–Crippen MR) is 80.5 cm³/mol. The molecule has 0 aliphatic carbocycles. The average Bonchev–Trinajstić information content (AvgIpc) is 2.46. The van der Waals surface area contributed by atoms with Crippen LogP contribution in [0, 0.1) is 11.6 Å². The van der Waals surface area contributed by atoms with Crippen LogP contribution in [0.25, 0.3) is 0 Å². The number of nitrogens with zero attached hydrogens (tertiary/aromatic N) is 2. The van der Waals surface area contributed by atoms with E-state index < -0.39 is 23.1 Å². The number of hydrogen-bond donors (Lipinski definition) is 1. The number of rotatable bonds is 3. The minimum atomic E-state index is -0.960. The summed E-state index contributed by atoms with van der Waals surface area (Å²) in [6, 6.07) is 2.03. The maximum atomic E-state index is 13.8. The Morgan fingerprint density at radius 2 is 1.82 bits per heavy atom. The highest BCUT2D eigenvalue weighted by Crippen LogP contribution is 2.20. The zero-order valence-electron chi connectivity index (χ0n) is 12.0. The quantitative estimate of drug-likeness (QED) is 0.864. The molecule has 1 N–H and O–H groups in total. The molecule has 2 rings (SSSR count). The van der Waals surface area contributed by atoms with Crippen molar-refractivity contribution in [1.82, 2.24) is 15.1 Å². The molecule has 1 aliphatic heterocycles. The Balaban J connectivity index is 2.07. The zero-order chi connectivity index (χ0) is 16.3. The first-order valence-electron chi connectivity index (χ1n) is 6.78. The molecule has 0 atom stereocenters. The first-order valence-corrected chi connectivity index (χ1v) is 7.58. The fourth-order valence-electron chi connectivity index (χ4n) is 2.23. The van der Waals surface area contributed by atoms with Gasteiger partial charge in [-0.2, -0.15) is 0 Å². The normalized spacial score (nSPS) is 14.8. The Kier molecular flexibility index (Phi) is 5.47. The minimum absolute atomic E-state index is 0.207. The van der Waals surface area contributed by atoms with E-state index in [0.29, 0.717) is 26.2 Å².